The quantitative estimate of drug-likeness (QED) is 0.585. The normalized spacial score (nSPS) is 14.0. The number of rotatable bonds is 6. The summed E-state index contributed by atoms with van der Waals surface area (Å²) < 4.78 is 5.68. The topological polar surface area (TPSA) is 67.3 Å². The summed E-state index contributed by atoms with van der Waals surface area (Å²) in [6.45, 7) is 6.04. The van der Waals surface area contributed by atoms with E-state index in [0.717, 1.165) is 52.7 Å². The van der Waals surface area contributed by atoms with Crippen LogP contribution in [0.2, 0.25) is 0 Å². The van der Waals surface area contributed by atoms with E-state index in [-0.39, 0.29) is 12.5 Å². The Kier molecular flexibility index (Phi) is 7.00. The van der Waals surface area contributed by atoms with Gasteiger partial charge in [0.05, 0.1) is 5.69 Å². The van der Waals surface area contributed by atoms with Crippen LogP contribution in [0.15, 0.2) is 54.6 Å². The lowest BCUT2D eigenvalue weighted by atomic mass is 10.1. The zero-order valence-electron chi connectivity index (χ0n) is 18.8. The number of aryl methyl sites for hydroxylation is 2. The molecule has 1 aliphatic heterocycles. The van der Waals surface area contributed by atoms with Crippen molar-refractivity contribution in [3.05, 3.63) is 65.7 Å². The van der Waals surface area contributed by atoms with E-state index in [4.69, 9.17) is 4.74 Å². The molecule has 2 aromatic carbocycles. The molecule has 6 heteroatoms. The molecule has 1 amide bonds. The van der Waals surface area contributed by atoms with E-state index in [2.05, 4.69) is 20.4 Å². The zero-order valence-corrected chi connectivity index (χ0v) is 18.8. The van der Waals surface area contributed by atoms with Gasteiger partial charge in [0.2, 0.25) is 0 Å². The lowest BCUT2D eigenvalue weighted by molar-refractivity contribution is -0.118. The Labute approximate surface area is 189 Å². The second-order valence-electron chi connectivity index (χ2n) is 8.36. The summed E-state index contributed by atoms with van der Waals surface area (Å²) in [5.74, 6) is 1.49. The first-order valence-corrected chi connectivity index (χ1v) is 11.3. The molecule has 1 aromatic heterocycles. The first-order chi connectivity index (χ1) is 15.6. The first-order valence-electron chi connectivity index (χ1n) is 11.3. The van der Waals surface area contributed by atoms with Crippen LogP contribution in [-0.4, -0.2) is 35.8 Å². The second-order valence-corrected chi connectivity index (χ2v) is 8.36. The van der Waals surface area contributed by atoms with Gasteiger partial charge in [-0.2, -0.15) is 0 Å². The van der Waals surface area contributed by atoms with Crippen molar-refractivity contribution in [2.45, 2.75) is 39.5 Å². The Balaban J connectivity index is 1.33. The summed E-state index contributed by atoms with van der Waals surface area (Å²) in [5.41, 5.74) is 4.61. The number of hydrogen-bond acceptors (Lipinski definition) is 5. The van der Waals surface area contributed by atoms with Gasteiger partial charge in [0.25, 0.3) is 5.91 Å². The highest BCUT2D eigenvalue weighted by Crippen LogP contribution is 2.23. The van der Waals surface area contributed by atoms with Crippen LogP contribution >= 0.6 is 0 Å². The standard InChI is InChI=1S/C26H30N4O2/c1-19-7-8-20(2)24(17-19)32-18-26(31)27-22-11-9-21(10-12-22)23-13-14-25(29-28-23)30-15-5-3-4-6-16-30/h7-14,17H,3-6,15-16,18H2,1-2H3,(H,27,31). The van der Waals surface area contributed by atoms with Gasteiger partial charge in [0.1, 0.15) is 5.75 Å². The van der Waals surface area contributed by atoms with E-state index in [1.54, 1.807) is 0 Å². The summed E-state index contributed by atoms with van der Waals surface area (Å²) in [4.78, 5) is 14.6. The van der Waals surface area contributed by atoms with Crippen LogP contribution in [0.1, 0.15) is 36.8 Å². The molecule has 0 radical (unpaired) electrons. The van der Waals surface area contributed by atoms with E-state index in [9.17, 15) is 4.79 Å². The van der Waals surface area contributed by atoms with Crippen molar-refractivity contribution in [3.8, 4) is 17.0 Å². The van der Waals surface area contributed by atoms with Gasteiger partial charge in [-0.05, 0) is 68.1 Å². The summed E-state index contributed by atoms with van der Waals surface area (Å²) >= 11 is 0. The van der Waals surface area contributed by atoms with Crippen molar-refractivity contribution in [1.82, 2.24) is 10.2 Å². The molecule has 1 N–H and O–H groups in total. The molecule has 6 nitrogen and oxygen atoms in total. The fourth-order valence-electron chi connectivity index (χ4n) is 3.88. The highest BCUT2D eigenvalue weighted by molar-refractivity contribution is 5.92. The maximum Gasteiger partial charge on any atom is 0.262 e. The molecular formula is C26H30N4O2. The number of anilines is 2. The van der Waals surface area contributed by atoms with Gasteiger partial charge in [-0.25, -0.2) is 0 Å². The molecular weight excluding hydrogens is 400 g/mol. The molecule has 166 valence electrons. The molecule has 2 heterocycles. The highest BCUT2D eigenvalue weighted by Gasteiger charge is 2.12. The minimum atomic E-state index is -0.194. The number of nitrogens with one attached hydrogen (secondary N) is 1. The molecule has 0 atom stereocenters. The average Bonchev–Trinajstić information content (AvgIpc) is 3.10. The van der Waals surface area contributed by atoms with Crippen LogP contribution in [0, 0.1) is 13.8 Å². The van der Waals surface area contributed by atoms with Crippen LogP contribution in [-0.2, 0) is 4.79 Å². The molecule has 4 rings (SSSR count). The van der Waals surface area contributed by atoms with E-state index < -0.39 is 0 Å². The monoisotopic (exact) mass is 430 g/mol. The van der Waals surface area contributed by atoms with Crippen molar-refractivity contribution < 1.29 is 9.53 Å². The van der Waals surface area contributed by atoms with Gasteiger partial charge < -0.3 is 15.0 Å². The highest BCUT2D eigenvalue weighted by atomic mass is 16.5. The smallest absolute Gasteiger partial charge is 0.262 e. The second kappa shape index (κ2) is 10.3. The number of carbonyl (C=O) groups excluding carboxylic acids is 1. The maximum absolute atomic E-state index is 12.3. The van der Waals surface area contributed by atoms with E-state index >= 15 is 0 Å². The molecule has 32 heavy (non-hydrogen) atoms. The number of benzene rings is 2. The Morgan fingerprint density at radius 1 is 0.938 bits per heavy atom. The fourth-order valence-corrected chi connectivity index (χ4v) is 3.88. The number of aromatic nitrogens is 2. The van der Waals surface area contributed by atoms with E-state index in [0.29, 0.717) is 0 Å². The number of carbonyl (C=O) groups is 1. The molecule has 1 aliphatic rings. The number of nitrogens with zero attached hydrogens (tertiary/aromatic N) is 3. The van der Waals surface area contributed by atoms with Crippen LogP contribution < -0.4 is 15.0 Å². The minimum Gasteiger partial charge on any atom is -0.483 e. The summed E-state index contributed by atoms with van der Waals surface area (Å²) in [6, 6.07) is 17.6. The van der Waals surface area contributed by atoms with E-state index in [1.165, 1.54) is 25.7 Å². The maximum atomic E-state index is 12.3. The molecule has 1 saturated heterocycles. The van der Waals surface area contributed by atoms with Crippen molar-refractivity contribution in [2.75, 3.05) is 29.9 Å². The number of hydrogen-bond donors (Lipinski definition) is 1. The lowest BCUT2D eigenvalue weighted by Crippen LogP contribution is -2.25. The Morgan fingerprint density at radius 2 is 1.69 bits per heavy atom. The largest absolute Gasteiger partial charge is 0.483 e. The first kappa shape index (κ1) is 21.8. The zero-order chi connectivity index (χ0) is 22.3. The third-order valence-electron chi connectivity index (χ3n) is 5.75. The predicted octanol–water partition coefficient (Wildman–Crippen LogP) is 5.16. The summed E-state index contributed by atoms with van der Waals surface area (Å²) in [6.07, 6.45) is 5.02. The summed E-state index contributed by atoms with van der Waals surface area (Å²) in [5, 5.41) is 11.7. The molecule has 1 fully saturated rings. The van der Waals surface area contributed by atoms with Crippen molar-refractivity contribution in [3.63, 3.8) is 0 Å². The van der Waals surface area contributed by atoms with E-state index in [1.807, 2.05) is 68.4 Å². The lowest BCUT2D eigenvalue weighted by Gasteiger charge is -2.20. The molecule has 0 unspecified atom stereocenters. The molecule has 0 aliphatic carbocycles. The molecule has 0 spiro atoms. The van der Waals surface area contributed by atoms with Crippen LogP contribution in [0.5, 0.6) is 5.75 Å². The third kappa shape index (κ3) is 5.63. The Bertz CT molecular complexity index is 1040. The van der Waals surface area contributed by atoms with Crippen molar-refractivity contribution >= 4 is 17.4 Å². The Morgan fingerprint density at radius 3 is 2.38 bits per heavy atom. The van der Waals surface area contributed by atoms with Crippen LogP contribution in [0.4, 0.5) is 11.5 Å². The Hall–Kier alpha value is -3.41. The van der Waals surface area contributed by atoms with Gasteiger partial charge in [-0.3, -0.25) is 4.79 Å². The van der Waals surface area contributed by atoms with Gasteiger partial charge in [-0.1, -0.05) is 37.1 Å². The van der Waals surface area contributed by atoms with Crippen LogP contribution in [0.25, 0.3) is 11.3 Å². The molecule has 0 saturated carbocycles. The van der Waals surface area contributed by atoms with Crippen LogP contribution in [0.3, 0.4) is 0 Å². The fraction of sp³-hybridized carbons (Fsp3) is 0.346. The van der Waals surface area contributed by atoms with Crippen molar-refractivity contribution in [2.24, 2.45) is 0 Å². The van der Waals surface area contributed by atoms with Gasteiger partial charge in [0.15, 0.2) is 12.4 Å². The average molecular weight is 431 g/mol. The van der Waals surface area contributed by atoms with Crippen molar-refractivity contribution in [1.29, 1.82) is 0 Å². The van der Waals surface area contributed by atoms with Gasteiger partial charge in [0, 0.05) is 24.3 Å². The SMILES string of the molecule is Cc1ccc(C)c(OCC(=O)Nc2ccc(-c3ccc(N4CCCCCC4)nn3)cc2)c1. The summed E-state index contributed by atoms with van der Waals surface area (Å²) in [7, 11) is 0. The van der Waals surface area contributed by atoms with Gasteiger partial charge in [-0.15, -0.1) is 10.2 Å². The van der Waals surface area contributed by atoms with Gasteiger partial charge >= 0.3 is 0 Å². The number of amides is 1. The minimum absolute atomic E-state index is 0.0323. The third-order valence-corrected chi connectivity index (χ3v) is 5.75. The molecule has 3 aromatic rings. The molecule has 0 bridgehead atoms. The number of ether oxygens (including phenoxy) is 1. The predicted molar refractivity (Wildman–Crippen MR) is 128 cm³/mol.